The maximum atomic E-state index is 4.10. The van der Waals surface area contributed by atoms with Gasteiger partial charge >= 0.3 is 0 Å². The minimum Gasteiger partial charge on any atom is -0.298 e. The van der Waals surface area contributed by atoms with Crippen molar-refractivity contribution in [1.82, 2.24) is 4.90 Å². The van der Waals surface area contributed by atoms with Crippen LogP contribution in [0.5, 0.6) is 0 Å². The minimum absolute atomic E-state index is 0.201. The third kappa shape index (κ3) is 5.44. The highest BCUT2D eigenvalue weighted by Crippen LogP contribution is 2.24. The van der Waals surface area contributed by atoms with Crippen LogP contribution in [0.3, 0.4) is 0 Å². The molecule has 2 aromatic carbocycles. The van der Waals surface area contributed by atoms with E-state index in [0.29, 0.717) is 0 Å². The number of benzene rings is 2. The molecular formula is C25H33N. The van der Waals surface area contributed by atoms with E-state index < -0.39 is 0 Å². The van der Waals surface area contributed by atoms with Crippen LogP contribution in [-0.4, -0.2) is 11.9 Å². The topological polar surface area (TPSA) is 3.24 Å². The highest BCUT2D eigenvalue weighted by molar-refractivity contribution is 5.69. The molecule has 0 saturated heterocycles. The van der Waals surface area contributed by atoms with Gasteiger partial charge < -0.3 is 0 Å². The van der Waals surface area contributed by atoms with Crippen molar-refractivity contribution in [2.75, 3.05) is 7.05 Å². The smallest absolute Gasteiger partial charge is 0.0234 e. The van der Waals surface area contributed by atoms with Crippen molar-refractivity contribution in [3.8, 4) is 0 Å². The lowest BCUT2D eigenvalue weighted by Gasteiger charge is -2.21. The summed E-state index contributed by atoms with van der Waals surface area (Å²) in [4.78, 5) is 2.35. The van der Waals surface area contributed by atoms with Gasteiger partial charge in [-0.25, -0.2) is 0 Å². The average Bonchev–Trinajstić information content (AvgIpc) is 2.53. The van der Waals surface area contributed by atoms with Gasteiger partial charge in [0.15, 0.2) is 0 Å². The first-order valence-corrected chi connectivity index (χ1v) is 9.30. The van der Waals surface area contributed by atoms with Gasteiger partial charge in [-0.15, -0.1) is 0 Å². The van der Waals surface area contributed by atoms with Crippen molar-refractivity contribution >= 4 is 11.1 Å². The fraction of sp³-hybridized carbons (Fsp3) is 0.360. The molecule has 0 spiro atoms. The second-order valence-corrected chi connectivity index (χ2v) is 8.60. The van der Waals surface area contributed by atoms with Crippen LogP contribution in [0, 0.1) is 0 Å². The molecule has 1 nitrogen and oxygen atoms in total. The largest absolute Gasteiger partial charge is 0.298 e. The summed E-state index contributed by atoms with van der Waals surface area (Å²) in [5.74, 6) is 0. The van der Waals surface area contributed by atoms with Crippen molar-refractivity contribution in [3.05, 3.63) is 83.4 Å². The third-order valence-electron chi connectivity index (χ3n) is 4.70. The summed E-state index contributed by atoms with van der Waals surface area (Å²) in [6.45, 7) is 20.9. The first-order valence-electron chi connectivity index (χ1n) is 9.30. The van der Waals surface area contributed by atoms with Crippen LogP contribution in [0.1, 0.15) is 62.4 Å². The van der Waals surface area contributed by atoms with Crippen molar-refractivity contribution in [2.45, 2.75) is 53.1 Å². The zero-order valence-corrected chi connectivity index (χ0v) is 17.3. The summed E-state index contributed by atoms with van der Waals surface area (Å²) in [6.07, 6.45) is 0. The van der Waals surface area contributed by atoms with E-state index in [2.05, 4.69) is 102 Å². The summed E-state index contributed by atoms with van der Waals surface area (Å²) in [6, 6.07) is 15.7. The Balaban J connectivity index is 2.13. The fourth-order valence-corrected chi connectivity index (χ4v) is 3.07. The van der Waals surface area contributed by atoms with E-state index in [4.69, 9.17) is 0 Å². The van der Waals surface area contributed by atoms with E-state index in [9.17, 15) is 0 Å². The van der Waals surface area contributed by atoms with Gasteiger partial charge in [-0.05, 0) is 60.2 Å². The van der Waals surface area contributed by atoms with Crippen molar-refractivity contribution in [2.24, 2.45) is 0 Å². The van der Waals surface area contributed by atoms with Crippen LogP contribution in [0.15, 0.2) is 55.6 Å². The normalized spacial score (nSPS) is 11.7. The molecule has 0 amide bonds. The summed E-state index contributed by atoms with van der Waals surface area (Å²) >= 11 is 0. The molecule has 0 atom stereocenters. The molecule has 0 aliphatic heterocycles. The lowest BCUT2D eigenvalue weighted by atomic mass is 9.87. The first kappa shape index (κ1) is 20.2. The Morgan fingerprint density at radius 3 is 1.69 bits per heavy atom. The van der Waals surface area contributed by atoms with Gasteiger partial charge in [0.25, 0.3) is 0 Å². The lowest BCUT2D eigenvalue weighted by Crippen LogP contribution is -2.18. The second kappa shape index (κ2) is 8.05. The Kier molecular flexibility index (Phi) is 6.26. The summed E-state index contributed by atoms with van der Waals surface area (Å²) in [5.41, 5.74) is 8.81. The molecule has 2 aromatic rings. The lowest BCUT2D eigenvalue weighted by molar-refractivity contribution is 0.319. The molecule has 0 aliphatic rings. The number of allylic oxidation sites excluding steroid dienone is 2. The summed E-state index contributed by atoms with van der Waals surface area (Å²) < 4.78 is 0. The van der Waals surface area contributed by atoms with Gasteiger partial charge in [0.1, 0.15) is 0 Å². The minimum atomic E-state index is 0.201. The molecule has 0 heterocycles. The summed E-state index contributed by atoms with van der Waals surface area (Å²) in [5, 5.41) is 0. The van der Waals surface area contributed by atoms with Gasteiger partial charge in [0.05, 0.1) is 0 Å². The van der Waals surface area contributed by atoms with Gasteiger partial charge in [0, 0.05) is 13.1 Å². The van der Waals surface area contributed by atoms with Gasteiger partial charge in [-0.3, -0.25) is 4.90 Å². The van der Waals surface area contributed by atoms with Crippen LogP contribution < -0.4 is 0 Å². The van der Waals surface area contributed by atoms with Crippen LogP contribution in [0.4, 0.5) is 0 Å². The zero-order valence-electron chi connectivity index (χ0n) is 17.3. The molecule has 0 N–H and O–H groups in total. The molecule has 0 aromatic heterocycles. The predicted octanol–water partition coefficient (Wildman–Crippen LogP) is 6.68. The molecule has 1 heteroatoms. The van der Waals surface area contributed by atoms with E-state index in [1.165, 1.54) is 27.8 Å². The molecule has 26 heavy (non-hydrogen) atoms. The molecule has 0 fully saturated rings. The number of rotatable bonds is 6. The SMILES string of the molecule is C=C(C)c1cc(CN(C)Cc2ccc(C(C)(C)C)cc2)cc(C(=C)C)c1. The van der Waals surface area contributed by atoms with Crippen molar-refractivity contribution in [1.29, 1.82) is 0 Å². The molecule has 0 bridgehead atoms. The van der Waals surface area contributed by atoms with E-state index in [-0.39, 0.29) is 5.41 Å². The molecule has 0 saturated carbocycles. The van der Waals surface area contributed by atoms with Crippen LogP contribution in [0.25, 0.3) is 11.1 Å². The zero-order chi connectivity index (χ0) is 19.5. The molecular weight excluding hydrogens is 314 g/mol. The van der Waals surface area contributed by atoms with Gasteiger partial charge in [-0.1, -0.05) is 81.5 Å². The van der Waals surface area contributed by atoms with Gasteiger partial charge in [-0.2, -0.15) is 0 Å². The van der Waals surface area contributed by atoms with Crippen molar-refractivity contribution < 1.29 is 0 Å². The Morgan fingerprint density at radius 1 is 0.808 bits per heavy atom. The maximum absolute atomic E-state index is 4.10. The molecule has 138 valence electrons. The van der Waals surface area contributed by atoms with E-state index in [1.54, 1.807) is 0 Å². The Bertz CT molecular complexity index is 756. The van der Waals surface area contributed by atoms with E-state index >= 15 is 0 Å². The standard InChI is InChI=1S/C25H33N/c1-18(2)22-13-21(14-23(15-22)19(3)4)17-26(8)16-20-9-11-24(12-10-20)25(5,6)7/h9-15H,1,3,16-17H2,2,4-8H3. The molecule has 0 unspecified atom stereocenters. The maximum Gasteiger partial charge on any atom is 0.0234 e. The van der Waals surface area contributed by atoms with Gasteiger partial charge in [0.2, 0.25) is 0 Å². The van der Waals surface area contributed by atoms with Crippen LogP contribution in [0.2, 0.25) is 0 Å². The third-order valence-corrected chi connectivity index (χ3v) is 4.70. The fourth-order valence-electron chi connectivity index (χ4n) is 3.07. The molecule has 0 radical (unpaired) electrons. The Labute approximate surface area is 160 Å². The number of hydrogen-bond acceptors (Lipinski definition) is 1. The van der Waals surface area contributed by atoms with Crippen molar-refractivity contribution in [3.63, 3.8) is 0 Å². The first-order chi connectivity index (χ1) is 12.1. The predicted molar refractivity (Wildman–Crippen MR) is 116 cm³/mol. The van der Waals surface area contributed by atoms with Crippen LogP contribution >= 0.6 is 0 Å². The Morgan fingerprint density at radius 2 is 1.27 bits per heavy atom. The average molecular weight is 348 g/mol. The van der Waals surface area contributed by atoms with E-state index in [0.717, 1.165) is 24.2 Å². The second-order valence-electron chi connectivity index (χ2n) is 8.60. The number of nitrogens with zero attached hydrogens (tertiary/aromatic N) is 1. The quantitative estimate of drug-likeness (QED) is 0.563. The number of hydrogen-bond donors (Lipinski definition) is 0. The van der Waals surface area contributed by atoms with E-state index in [1.807, 2.05) is 0 Å². The highest BCUT2D eigenvalue weighted by atomic mass is 15.1. The molecule has 0 aliphatic carbocycles. The molecule has 2 rings (SSSR count). The monoisotopic (exact) mass is 347 g/mol. The summed E-state index contributed by atoms with van der Waals surface area (Å²) in [7, 11) is 2.17. The van der Waals surface area contributed by atoms with Crippen LogP contribution in [-0.2, 0) is 18.5 Å². The highest BCUT2D eigenvalue weighted by Gasteiger charge is 2.13. The Hall–Kier alpha value is -2.12.